The monoisotopic (exact) mass is 376 g/mol. The van der Waals surface area contributed by atoms with Gasteiger partial charge in [-0.1, -0.05) is 13.8 Å². The van der Waals surface area contributed by atoms with Gasteiger partial charge in [0.25, 0.3) is 0 Å². The van der Waals surface area contributed by atoms with Gasteiger partial charge in [-0.05, 0) is 100 Å². The normalized spacial score (nSPS) is 49.9. The van der Waals surface area contributed by atoms with Crippen molar-refractivity contribution in [1.82, 2.24) is 0 Å². The highest BCUT2D eigenvalue weighted by atomic mass is 16.5. The van der Waals surface area contributed by atoms with Gasteiger partial charge in [0.2, 0.25) is 0 Å². The van der Waals surface area contributed by atoms with Gasteiger partial charge in [0.05, 0.1) is 12.2 Å². The first-order chi connectivity index (χ1) is 12.9. The van der Waals surface area contributed by atoms with Crippen LogP contribution in [0.2, 0.25) is 0 Å². The first-order valence-electron chi connectivity index (χ1n) is 11.7. The molecule has 3 heteroatoms. The summed E-state index contributed by atoms with van der Waals surface area (Å²) in [5.74, 6) is 3.31. The van der Waals surface area contributed by atoms with E-state index < -0.39 is 5.60 Å². The van der Waals surface area contributed by atoms with Crippen molar-refractivity contribution in [3.8, 4) is 0 Å². The zero-order valence-corrected chi connectivity index (χ0v) is 17.8. The van der Waals surface area contributed by atoms with Crippen LogP contribution in [-0.2, 0) is 9.53 Å². The summed E-state index contributed by atoms with van der Waals surface area (Å²) in [7, 11) is 0. The Balaban J connectivity index is 1.58. The van der Waals surface area contributed by atoms with E-state index in [2.05, 4.69) is 13.8 Å². The Kier molecular flexibility index (Phi) is 5.25. The van der Waals surface area contributed by atoms with Crippen LogP contribution in [0.4, 0.5) is 0 Å². The molecule has 0 unspecified atom stereocenters. The summed E-state index contributed by atoms with van der Waals surface area (Å²) in [4.78, 5) is 12.8. The molecule has 4 fully saturated rings. The summed E-state index contributed by atoms with van der Waals surface area (Å²) in [6.07, 6.45) is 12.2. The molecule has 4 saturated carbocycles. The van der Waals surface area contributed by atoms with Crippen molar-refractivity contribution in [1.29, 1.82) is 0 Å². The van der Waals surface area contributed by atoms with Crippen molar-refractivity contribution in [2.45, 2.75) is 97.0 Å². The molecule has 0 aromatic rings. The van der Waals surface area contributed by atoms with E-state index in [1.807, 2.05) is 6.92 Å². The van der Waals surface area contributed by atoms with E-state index >= 15 is 0 Å². The van der Waals surface area contributed by atoms with E-state index in [9.17, 15) is 9.90 Å². The van der Waals surface area contributed by atoms with Crippen molar-refractivity contribution >= 4 is 5.78 Å². The lowest BCUT2D eigenvalue weighted by Gasteiger charge is -2.63. The molecule has 0 amide bonds. The first kappa shape index (κ1) is 19.9. The fraction of sp³-hybridized carbons (Fsp3) is 0.958. The Morgan fingerprint density at radius 3 is 2.63 bits per heavy atom. The largest absolute Gasteiger partial charge is 0.387 e. The summed E-state index contributed by atoms with van der Waals surface area (Å²) in [6, 6.07) is 0. The fourth-order valence-electron chi connectivity index (χ4n) is 8.23. The number of ketones is 1. The van der Waals surface area contributed by atoms with Gasteiger partial charge >= 0.3 is 0 Å². The van der Waals surface area contributed by atoms with Gasteiger partial charge in [0.15, 0.2) is 0 Å². The van der Waals surface area contributed by atoms with Gasteiger partial charge in [0.1, 0.15) is 5.78 Å². The van der Waals surface area contributed by atoms with Crippen molar-refractivity contribution in [2.24, 2.45) is 34.5 Å². The minimum Gasteiger partial charge on any atom is -0.387 e. The lowest BCUT2D eigenvalue weighted by Crippen LogP contribution is -2.59. The number of ether oxygens (including phenoxy) is 1. The highest BCUT2D eigenvalue weighted by molar-refractivity contribution is 5.85. The second kappa shape index (κ2) is 7.13. The fourth-order valence-corrected chi connectivity index (χ4v) is 8.23. The second-order valence-corrected chi connectivity index (χ2v) is 10.6. The highest BCUT2D eigenvalue weighted by Crippen LogP contribution is 2.66. The number of hydrogen-bond acceptors (Lipinski definition) is 3. The Morgan fingerprint density at radius 1 is 1.07 bits per heavy atom. The van der Waals surface area contributed by atoms with E-state index in [1.54, 1.807) is 0 Å². The first-order valence-corrected chi connectivity index (χ1v) is 11.7. The summed E-state index contributed by atoms with van der Waals surface area (Å²) in [5, 5.41) is 11.1. The Hall–Kier alpha value is -0.410. The number of rotatable bonds is 4. The molecular weight excluding hydrogens is 336 g/mol. The molecule has 27 heavy (non-hydrogen) atoms. The van der Waals surface area contributed by atoms with E-state index in [0.29, 0.717) is 36.2 Å². The lowest BCUT2D eigenvalue weighted by molar-refractivity contribution is -0.180. The van der Waals surface area contributed by atoms with Gasteiger partial charge in [-0.15, -0.1) is 0 Å². The van der Waals surface area contributed by atoms with Crippen molar-refractivity contribution < 1.29 is 14.6 Å². The van der Waals surface area contributed by atoms with Crippen LogP contribution in [0.1, 0.15) is 91.4 Å². The molecule has 0 aromatic heterocycles. The molecule has 154 valence electrons. The Labute approximate surface area is 165 Å². The number of hydrogen-bond donors (Lipinski definition) is 1. The standard InChI is InChI=1S/C24H40O3/c1-4-24-14-13-23(26,16-27-5-2)15-17(24)9-10-18-19-7-6-8-21(25)22(19,3)12-11-20(18)24/h17-20,26H,4-16H2,1-3H3/t17-,18+,19+,20+,22+,23-,24+/m1/s1. The number of carbonyl (C=O) groups excluding carboxylic acids is 1. The molecule has 0 aliphatic heterocycles. The van der Waals surface area contributed by atoms with E-state index in [4.69, 9.17) is 4.74 Å². The molecule has 0 spiro atoms. The van der Waals surface area contributed by atoms with Crippen LogP contribution in [0.25, 0.3) is 0 Å². The quantitative estimate of drug-likeness (QED) is 0.738. The molecular formula is C24H40O3. The van der Waals surface area contributed by atoms with Crippen LogP contribution in [0.3, 0.4) is 0 Å². The van der Waals surface area contributed by atoms with Gasteiger partial charge < -0.3 is 9.84 Å². The molecule has 1 N–H and O–H groups in total. The summed E-state index contributed by atoms with van der Waals surface area (Å²) >= 11 is 0. The molecule has 0 heterocycles. The number of carbonyl (C=O) groups is 1. The molecule has 4 aliphatic rings. The van der Waals surface area contributed by atoms with Crippen molar-refractivity contribution in [2.75, 3.05) is 13.2 Å². The molecule has 3 nitrogen and oxygen atoms in total. The highest BCUT2D eigenvalue weighted by Gasteiger charge is 2.61. The third-order valence-electron chi connectivity index (χ3n) is 9.70. The lowest BCUT2D eigenvalue weighted by atomic mass is 9.41. The van der Waals surface area contributed by atoms with Crippen molar-refractivity contribution in [3.63, 3.8) is 0 Å². The van der Waals surface area contributed by atoms with Crippen LogP contribution >= 0.6 is 0 Å². The third kappa shape index (κ3) is 3.03. The predicted octanol–water partition coefficient (Wildman–Crippen LogP) is 5.15. The number of aliphatic hydroxyl groups is 1. The van der Waals surface area contributed by atoms with Gasteiger partial charge in [-0.2, -0.15) is 0 Å². The van der Waals surface area contributed by atoms with Crippen LogP contribution in [0.15, 0.2) is 0 Å². The van der Waals surface area contributed by atoms with Crippen LogP contribution in [0.5, 0.6) is 0 Å². The molecule has 7 atom stereocenters. The van der Waals surface area contributed by atoms with Crippen LogP contribution < -0.4 is 0 Å². The van der Waals surface area contributed by atoms with E-state index in [1.165, 1.54) is 32.1 Å². The molecule has 0 saturated heterocycles. The van der Waals surface area contributed by atoms with Crippen LogP contribution in [-0.4, -0.2) is 29.7 Å². The zero-order valence-electron chi connectivity index (χ0n) is 17.8. The van der Waals surface area contributed by atoms with Gasteiger partial charge in [-0.25, -0.2) is 0 Å². The maximum absolute atomic E-state index is 12.8. The van der Waals surface area contributed by atoms with Gasteiger partial charge in [-0.3, -0.25) is 4.79 Å². The Bertz CT molecular complexity index is 574. The maximum atomic E-state index is 12.8. The average Bonchev–Trinajstić information content (AvgIpc) is 2.67. The SMILES string of the molecule is CCOC[C@@]1(O)CC[C@@]2(CC)[C@H](CC[C@@H]3[C@@H]2CC[C@]2(C)C(=O)CCC[C@@H]32)C1. The topological polar surface area (TPSA) is 46.5 Å². The average molecular weight is 377 g/mol. The Morgan fingerprint density at radius 2 is 1.89 bits per heavy atom. The summed E-state index contributed by atoms with van der Waals surface area (Å²) < 4.78 is 5.64. The summed E-state index contributed by atoms with van der Waals surface area (Å²) in [6.45, 7) is 7.89. The zero-order chi connectivity index (χ0) is 19.3. The summed E-state index contributed by atoms with van der Waals surface area (Å²) in [5.41, 5.74) is -0.259. The molecule has 0 radical (unpaired) electrons. The molecule has 0 bridgehead atoms. The molecule has 4 rings (SSSR count). The van der Waals surface area contributed by atoms with Crippen LogP contribution in [0, 0.1) is 34.5 Å². The van der Waals surface area contributed by atoms with Crippen molar-refractivity contribution in [3.05, 3.63) is 0 Å². The molecule has 0 aromatic carbocycles. The number of Topliss-reactive ketones (excluding diaryl/α,β-unsaturated/α-hetero) is 1. The predicted molar refractivity (Wildman–Crippen MR) is 107 cm³/mol. The van der Waals surface area contributed by atoms with E-state index in [-0.39, 0.29) is 5.41 Å². The van der Waals surface area contributed by atoms with Gasteiger partial charge in [0, 0.05) is 18.4 Å². The maximum Gasteiger partial charge on any atom is 0.139 e. The minimum atomic E-state index is -0.615. The van der Waals surface area contributed by atoms with E-state index in [0.717, 1.165) is 50.4 Å². The smallest absolute Gasteiger partial charge is 0.139 e. The number of fused-ring (bicyclic) bond motifs is 5. The minimum absolute atomic E-state index is 0.0362. The third-order valence-corrected chi connectivity index (χ3v) is 9.70. The second-order valence-electron chi connectivity index (χ2n) is 10.6. The molecule has 4 aliphatic carbocycles.